The average molecular weight is 380 g/mol. The number of hydrogen-bond donors (Lipinski definition) is 1. The molecule has 2 aromatic rings. The van der Waals surface area contributed by atoms with Gasteiger partial charge in [-0.05, 0) is 74.4 Å². The van der Waals surface area contributed by atoms with E-state index >= 15 is 0 Å². The number of nitrogens with one attached hydrogen (secondary N) is 1. The van der Waals surface area contributed by atoms with Crippen LogP contribution in [0.3, 0.4) is 0 Å². The molecule has 2 unspecified atom stereocenters. The van der Waals surface area contributed by atoms with Crippen molar-refractivity contribution in [1.29, 1.82) is 0 Å². The standard InChI is InChI=1S/C24H30FN3/c1-5-26-22-11-10-18(14-27-22)23-21-13-17-8-6-7-9-19(17)20(21)12-16(2)28(23)15-24(3,4)25/h6-11,14,16,23H,5,12-13,15H2,1-4H3,(H,26,27). The third kappa shape index (κ3) is 3.58. The van der Waals surface area contributed by atoms with Gasteiger partial charge in [0.25, 0.3) is 0 Å². The van der Waals surface area contributed by atoms with Crippen molar-refractivity contribution in [3.63, 3.8) is 0 Å². The first-order valence-corrected chi connectivity index (χ1v) is 10.3. The van der Waals surface area contributed by atoms with Crippen LogP contribution in [0.2, 0.25) is 0 Å². The Morgan fingerprint density at radius 1 is 1.21 bits per heavy atom. The number of alkyl halides is 1. The molecule has 0 amide bonds. The van der Waals surface area contributed by atoms with E-state index in [-0.39, 0.29) is 12.1 Å². The summed E-state index contributed by atoms with van der Waals surface area (Å²) >= 11 is 0. The second kappa shape index (κ2) is 7.32. The van der Waals surface area contributed by atoms with Crippen molar-refractivity contribution in [2.24, 2.45) is 0 Å². The summed E-state index contributed by atoms with van der Waals surface area (Å²) < 4.78 is 14.7. The molecule has 0 radical (unpaired) electrons. The largest absolute Gasteiger partial charge is 0.370 e. The van der Waals surface area contributed by atoms with E-state index in [1.165, 1.54) is 22.3 Å². The molecule has 2 aliphatic rings. The van der Waals surface area contributed by atoms with Crippen molar-refractivity contribution < 1.29 is 4.39 Å². The van der Waals surface area contributed by atoms with Crippen LogP contribution < -0.4 is 5.32 Å². The maximum absolute atomic E-state index is 14.7. The van der Waals surface area contributed by atoms with Crippen molar-refractivity contribution in [3.8, 4) is 0 Å². The predicted octanol–water partition coefficient (Wildman–Crippen LogP) is 5.41. The van der Waals surface area contributed by atoms with Crippen molar-refractivity contribution in [2.45, 2.75) is 58.3 Å². The highest BCUT2D eigenvalue weighted by Crippen LogP contribution is 2.48. The fraction of sp³-hybridized carbons (Fsp3) is 0.458. The molecule has 0 spiro atoms. The summed E-state index contributed by atoms with van der Waals surface area (Å²) in [6.45, 7) is 8.91. The van der Waals surface area contributed by atoms with Gasteiger partial charge in [0.1, 0.15) is 11.5 Å². The second-order valence-corrected chi connectivity index (χ2v) is 8.69. The van der Waals surface area contributed by atoms with Crippen molar-refractivity contribution >= 4 is 11.4 Å². The van der Waals surface area contributed by atoms with Gasteiger partial charge in [-0.15, -0.1) is 0 Å². The highest BCUT2D eigenvalue weighted by Gasteiger charge is 2.40. The topological polar surface area (TPSA) is 28.2 Å². The van der Waals surface area contributed by atoms with Gasteiger partial charge in [0.15, 0.2) is 0 Å². The number of benzene rings is 1. The molecule has 0 saturated heterocycles. The number of nitrogens with zero attached hydrogens (tertiary/aromatic N) is 2. The summed E-state index contributed by atoms with van der Waals surface area (Å²) in [5.74, 6) is 0.886. The number of pyridine rings is 1. The zero-order valence-corrected chi connectivity index (χ0v) is 17.3. The molecule has 0 fully saturated rings. The van der Waals surface area contributed by atoms with Gasteiger partial charge in [-0.2, -0.15) is 0 Å². The maximum atomic E-state index is 14.7. The average Bonchev–Trinajstić information content (AvgIpc) is 3.00. The number of hydrogen-bond acceptors (Lipinski definition) is 3. The van der Waals surface area contributed by atoms with Crippen LogP contribution in [0.15, 0.2) is 48.2 Å². The lowest BCUT2D eigenvalue weighted by atomic mass is 9.85. The van der Waals surface area contributed by atoms with E-state index in [1.807, 2.05) is 12.3 Å². The van der Waals surface area contributed by atoms with Crippen LogP contribution in [0.5, 0.6) is 0 Å². The lowest BCUT2D eigenvalue weighted by Crippen LogP contribution is -2.46. The number of halogens is 1. The van der Waals surface area contributed by atoms with Crippen molar-refractivity contribution in [3.05, 3.63) is 64.9 Å². The van der Waals surface area contributed by atoms with E-state index in [2.05, 4.69) is 59.4 Å². The molecule has 1 aliphatic carbocycles. The van der Waals surface area contributed by atoms with Gasteiger partial charge in [0, 0.05) is 25.3 Å². The molecule has 4 rings (SSSR count). The quantitative estimate of drug-likeness (QED) is 0.753. The summed E-state index contributed by atoms with van der Waals surface area (Å²) in [5, 5.41) is 3.26. The fourth-order valence-electron chi connectivity index (χ4n) is 4.75. The van der Waals surface area contributed by atoms with Crippen LogP contribution in [0.1, 0.15) is 56.8 Å². The molecular formula is C24H30FN3. The minimum atomic E-state index is -1.24. The lowest BCUT2D eigenvalue weighted by molar-refractivity contribution is 0.0701. The smallest absolute Gasteiger partial charge is 0.125 e. The molecule has 1 N–H and O–H groups in total. The predicted molar refractivity (Wildman–Crippen MR) is 114 cm³/mol. The van der Waals surface area contributed by atoms with Crippen molar-refractivity contribution in [1.82, 2.24) is 9.88 Å². The SMILES string of the molecule is CCNc1ccc(C2C3=C(CC(C)N2CC(C)(C)F)c2ccccc2C3)cn1. The minimum absolute atomic E-state index is 0.0735. The molecule has 2 heterocycles. The third-order valence-corrected chi connectivity index (χ3v) is 5.86. The summed E-state index contributed by atoms with van der Waals surface area (Å²) in [7, 11) is 0. The molecule has 1 aromatic carbocycles. The third-order valence-electron chi connectivity index (χ3n) is 5.86. The number of rotatable bonds is 5. The minimum Gasteiger partial charge on any atom is -0.370 e. The fourth-order valence-corrected chi connectivity index (χ4v) is 4.75. The molecule has 2 atom stereocenters. The van der Waals surface area contributed by atoms with Crippen LogP contribution in [0.4, 0.5) is 10.2 Å². The zero-order valence-electron chi connectivity index (χ0n) is 17.3. The molecule has 3 nitrogen and oxygen atoms in total. The first-order valence-electron chi connectivity index (χ1n) is 10.3. The lowest BCUT2D eigenvalue weighted by Gasteiger charge is -2.44. The van der Waals surface area contributed by atoms with Gasteiger partial charge in [-0.25, -0.2) is 9.37 Å². The Morgan fingerprint density at radius 3 is 2.68 bits per heavy atom. The molecule has 28 heavy (non-hydrogen) atoms. The van der Waals surface area contributed by atoms with Crippen LogP contribution in [-0.2, 0) is 6.42 Å². The summed E-state index contributed by atoms with van der Waals surface area (Å²) in [5.41, 5.74) is 5.55. The first-order chi connectivity index (χ1) is 13.4. The molecule has 0 saturated carbocycles. The Balaban J connectivity index is 1.78. The van der Waals surface area contributed by atoms with Gasteiger partial charge in [-0.1, -0.05) is 30.3 Å². The Bertz CT molecular complexity index is 879. The molecule has 1 aromatic heterocycles. The Hall–Kier alpha value is -2.20. The summed E-state index contributed by atoms with van der Waals surface area (Å²) in [6.07, 6.45) is 3.88. The van der Waals surface area contributed by atoms with Crippen molar-refractivity contribution in [2.75, 3.05) is 18.4 Å². The van der Waals surface area contributed by atoms with Gasteiger partial charge in [0.2, 0.25) is 0 Å². The van der Waals surface area contributed by atoms with E-state index in [4.69, 9.17) is 0 Å². The molecular weight excluding hydrogens is 349 g/mol. The van der Waals surface area contributed by atoms with E-state index in [9.17, 15) is 4.39 Å². The molecule has 0 bridgehead atoms. The van der Waals surface area contributed by atoms with Gasteiger partial charge in [-0.3, -0.25) is 4.90 Å². The van der Waals surface area contributed by atoms with E-state index in [0.29, 0.717) is 6.54 Å². The Labute approximate surface area is 167 Å². The van der Waals surface area contributed by atoms with Crippen LogP contribution in [0, 0.1) is 0 Å². The van der Waals surface area contributed by atoms with Gasteiger partial charge in [0.05, 0.1) is 6.04 Å². The summed E-state index contributed by atoms with van der Waals surface area (Å²) in [6, 6.07) is 13.2. The van der Waals surface area contributed by atoms with Gasteiger partial charge < -0.3 is 5.32 Å². The zero-order chi connectivity index (χ0) is 19.9. The van der Waals surface area contributed by atoms with E-state index < -0.39 is 5.67 Å². The van der Waals surface area contributed by atoms with E-state index in [1.54, 1.807) is 13.8 Å². The Morgan fingerprint density at radius 2 is 2.00 bits per heavy atom. The maximum Gasteiger partial charge on any atom is 0.125 e. The number of fused-ring (bicyclic) bond motifs is 2. The van der Waals surface area contributed by atoms with Crippen LogP contribution in [0.25, 0.3) is 5.57 Å². The molecule has 4 heteroatoms. The normalized spacial score (nSPS) is 22.2. The summed E-state index contributed by atoms with van der Waals surface area (Å²) in [4.78, 5) is 6.95. The van der Waals surface area contributed by atoms with Crippen LogP contribution in [-0.4, -0.2) is 34.7 Å². The van der Waals surface area contributed by atoms with Crippen LogP contribution >= 0.6 is 0 Å². The number of aromatic nitrogens is 1. The first kappa shape index (κ1) is 19.1. The highest BCUT2D eigenvalue weighted by molar-refractivity contribution is 5.78. The van der Waals surface area contributed by atoms with Gasteiger partial charge >= 0.3 is 0 Å². The number of anilines is 1. The molecule has 1 aliphatic heterocycles. The second-order valence-electron chi connectivity index (χ2n) is 8.69. The molecule has 148 valence electrons. The monoisotopic (exact) mass is 379 g/mol. The Kier molecular flexibility index (Phi) is 5.00. The van der Waals surface area contributed by atoms with E-state index in [0.717, 1.165) is 30.8 Å². The highest BCUT2D eigenvalue weighted by atomic mass is 19.1.